The van der Waals surface area contributed by atoms with Crippen LogP contribution in [-0.2, 0) is 6.54 Å². The highest BCUT2D eigenvalue weighted by atomic mass is 16.3. The predicted molar refractivity (Wildman–Crippen MR) is 77.0 cm³/mol. The molecular formula is C15H27N3O. The van der Waals surface area contributed by atoms with Crippen molar-refractivity contribution in [3.8, 4) is 0 Å². The molecule has 0 aliphatic heterocycles. The van der Waals surface area contributed by atoms with Gasteiger partial charge in [-0.1, -0.05) is 26.2 Å². The summed E-state index contributed by atoms with van der Waals surface area (Å²) in [4.78, 5) is 6.63. The van der Waals surface area contributed by atoms with Crippen LogP contribution in [0.4, 0.5) is 0 Å². The highest BCUT2D eigenvalue weighted by molar-refractivity contribution is 5.08. The van der Waals surface area contributed by atoms with Crippen LogP contribution in [-0.4, -0.2) is 39.2 Å². The van der Waals surface area contributed by atoms with Crippen molar-refractivity contribution in [1.29, 1.82) is 0 Å². The SMILES string of the molecule is CCCn1ccnc1C(O)C1(N(C)C)CCCCC1. The van der Waals surface area contributed by atoms with E-state index in [0.717, 1.165) is 31.6 Å². The zero-order valence-electron chi connectivity index (χ0n) is 12.5. The average Bonchev–Trinajstić information content (AvgIpc) is 2.87. The summed E-state index contributed by atoms with van der Waals surface area (Å²) in [6.07, 6.45) is 10.1. The van der Waals surface area contributed by atoms with E-state index in [1.165, 1.54) is 19.3 Å². The van der Waals surface area contributed by atoms with E-state index in [9.17, 15) is 5.11 Å². The van der Waals surface area contributed by atoms with Crippen LogP contribution in [0.5, 0.6) is 0 Å². The van der Waals surface area contributed by atoms with Crippen LogP contribution in [0.25, 0.3) is 0 Å². The minimum Gasteiger partial charge on any atom is -0.383 e. The van der Waals surface area contributed by atoms with Gasteiger partial charge in [-0.25, -0.2) is 4.98 Å². The quantitative estimate of drug-likeness (QED) is 0.889. The molecule has 108 valence electrons. The van der Waals surface area contributed by atoms with E-state index >= 15 is 0 Å². The Balaban J connectivity index is 2.28. The molecule has 19 heavy (non-hydrogen) atoms. The van der Waals surface area contributed by atoms with Gasteiger partial charge in [0.2, 0.25) is 0 Å². The number of hydrogen-bond acceptors (Lipinski definition) is 3. The summed E-state index contributed by atoms with van der Waals surface area (Å²) >= 11 is 0. The van der Waals surface area contributed by atoms with Gasteiger partial charge in [0.1, 0.15) is 11.9 Å². The Morgan fingerprint density at radius 1 is 1.37 bits per heavy atom. The van der Waals surface area contributed by atoms with E-state index in [2.05, 4.69) is 35.5 Å². The smallest absolute Gasteiger partial charge is 0.139 e. The van der Waals surface area contributed by atoms with Crippen LogP contribution in [0, 0.1) is 0 Å². The van der Waals surface area contributed by atoms with Crippen molar-refractivity contribution in [3.05, 3.63) is 18.2 Å². The topological polar surface area (TPSA) is 41.3 Å². The number of aryl methyl sites for hydroxylation is 1. The number of aliphatic hydroxyl groups excluding tert-OH is 1. The maximum absolute atomic E-state index is 10.9. The van der Waals surface area contributed by atoms with E-state index in [0.29, 0.717) is 0 Å². The van der Waals surface area contributed by atoms with Crippen molar-refractivity contribution in [2.75, 3.05) is 14.1 Å². The number of nitrogens with zero attached hydrogens (tertiary/aromatic N) is 3. The molecule has 0 amide bonds. The second-order valence-corrected chi connectivity index (χ2v) is 5.94. The lowest BCUT2D eigenvalue weighted by molar-refractivity contribution is -0.0397. The summed E-state index contributed by atoms with van der Waals surface area (Å²) in [5.41, 5.74) is -0.144. The number of aliphatic hydroxyl groups is 1. The van der Waals surface area contributed by atoms with Crippen molar-refractivity contribution in [2.24, 2.45) is 0 Å². The second-order valence-electron chi connectivity index (χ2n) is 5.94. The van der Waals surface area contributed by atoms with Gasteiger partial charge in [-0.15, -0.1) is 0 Å². The first-order valence-electron chi connectivity index (χ1n) is 7.48. The Hall–Kier alpha value is -0.870. The zero-order chi connectivity index (χ0) is 13.9. The van der Waals surface area contributed by atoms with Gasteiger partial charge in [-0.05, 0) is 33.4 Å². The molecule has 0 bridgehead atoms. The van der Waals surface area contributed by atoms with E-state index in [4.69, 9.17) is 0 Å². The van der Waals surface area contributed by atoms with Crippen LogP contribution >= 0.6 is 0 Å². The molecule has 4 heteroatoms. The van der Waals surface area contributed by atoms with Crippen molar-refractivity contribution in [1.82, 2.24) is 14.5 Å². The molecule has 1 aromatic heterocycles. The third-order valence-electron chi connectivity index (χ3n) is 4.58. The third-order valence-corrected chi connectivity index (χ3v) is 4.58. The summed E-state index contributed by atoms with van der Waals surface area (Å²) in [6.45, 7) is 3.08. The Kier molecular flexibility index (Phi) is 4.63. The van der Waals surface area contributed by atoms with Gasteiger partial charge >= 0.3 is 0 Å². The van der Waals surface area contributed by atoms with Gasteiger partial charge in [0, 0.05) is 18.9 Å². The van der Waals surface area contributed by atoms with E-state index in [1.807, 2.05) is 6.20 Å². The van der Waals surface area contributed by atoms with Gasteiger partial charge in [0.05, 0.1) is 5.54 Å². The maximum atomic E-state index is 10.9. The molecule has 1 fully saturated rings. The first-order valence-corrected chi connectivity index (χ1v) is 7.48. The summed E-state index contributed by atoms with van der Waals surface area (Å²) < 4.78 is 2.10. The molecule has 1 heterocycles. The Morgan fingerprint density at radius 2 is 2.05 bits per heavy atom. The number of imidazole rings is 1. The fraction of sp³-hybridized carbons (Fsp3) is 0.800. The van der Waals surface area contributed by atoms with Crippen LogP contribution in [0.15, 0.2) is 12.4 Å². The van der Waals surface area contributed by atoms with E-state index in [-0.39, 0.29) is 5.54 Å². The van der Waals surface area contributed by atoms with Crippen molar-refractivity contribution >= 4 is 0 Å². The average molecular weight is 265 g/mol. The molecule has 0 radical (unpaired) electrons. The van der Waals surface area contributed by atoms with Crippen LogP contribution in [0.2, 0.25) is 0 Å². The minimum atomic E-state index is -0.496. The highest BCUT2D eigenvalue weighted by Gasteiger charge is 2.43. The number of rotatable bonds is 5. The summed E-state index contributed by atoms with van der Waals surface area (Å²) in [7, 11) is 4.17. The van der Waals surface area contributed by atoms with Gasteiger partial charge in [0.15, 0.2) is 0 Å². The van der Waals surface area contributed by atoms with Crippen LogP contribution in [0.1, 0.15) is 57.4 Å². The Morgan fingerprint density at radius 3 is 2.63 bits per heavy atom. The van der Waals surface area contributed by atoms with Crippen molar-refractivity contribution < 1.29 is 5.11 Å². The van der Waals surface area contributed by atoms with Gasteiger partial charge in [-0.3, -0.25) is 0 Å². The molecule has 0 spiro atoms. The molecular weight excluding hydrogens is 238 g/mol. The highest BCUT2D eigenvalue weighted by Crippen LogP contribution is 2.41. The molecule has 1 unspecified atom stereocenters. The molecule has 1 aliphatic rings. The molecule has 0 saturated heterocycles. The first-order chi connectivity index (χ1) is 9.12. The number of hydrogen-bond donors (Lipinski definition) is 1. The van der Waals surface area contributed by atoms with E-state index < -0.39 is 6.10 Å². The predicted octanol–water partition coefficient (Wildman–Crippen LogP) is 2.59. The minimum absolute atomic E-state index is 0.144. The summed E-state index contributed by atoms with van der Waals surface area (Å²) in [5, 5.41) is 10.9. The molecule has 1 aliphatic carbocycles. The molecule has 1 aromatic rings. The van der Waals surface area contributed by atoms with Gasteiger partial charge < -0.3 is 14.6 Å². The first kappa shape index (κ1) is 14.5. The molecule has 1 atom stereocenters. The fourth-order valence-corrected chi connectivity index (χ4v) is 3.37. The Bertz CT molecular complexity index is 394. The second kappa shape index (κ2) is 6.06. The normalized spacial score (nSPS) is 20.7. The number of aromatic nitrogens is 2. The monoisotopic (exact) mass is 265 g/mol. The zero-order valence-corrected chi connectivity index (χ0v) is 12.5. The standard InChI is InChI=1S/C15H27N3O/c1-4-11-18-12-10-16-14(18)13(19)15(17(2)3)8-6-5-7-9-15/h10,12-13,19H,4-9,11H2,1-3H3. The molecule has 1 N–H and O–H groups in total. The number of likely N-dealkylation sites (N-methyl/N-ethyl adjacent to an activating group) is 1. The fourth-order valence-electron chi connectivity index (χ4n) is 3.37. The summed E-state index contributed by atoms with van der Waals surface area (Å²) in [5.74, 6) is 0.831. The van der Waals surface area contributed by atoms with E-state index in [1.54, 1.807) is 6.20 Å². The third kappa shape index (κ3) is 2.70. The van der Waals surface area contributed by atoms with Crippen LogP contribution in [0.3, 0.4) is 0 Å². The van der Waals surface area contributed by atoms with Crippen LogP contribution < -0.4 is 0 Å². The molecule has 1 saturated carbocycles. The maximum Gasteiger partial charge on any atom is 0.139 e. The van der Waals surface area contributed by atoms with Gasteiger partial charge in [-0.2, -0.15) is 0 Å². The van der Waals surface area contributed by atoms with Crippen molar-refractivity contribution in [2.45, 2.75) is 63.6 Å². The summed E-state index contributed by atoms with van der Waals surface area (Å²) in [6, 6.07) is 0. The molecule has 0 aromatic carbocycles. The lowest BCUT2D eigenvalue weighted by Gasteiger charge is -2.46. The largest absolute Gasteiger partial charge is 0.383 e. The lowest BCUT2D eigenvalue weighted by Crippen LogP contribution is -2.51. The van der Waals surface area contributed by atoms with Gasteiger partial charge in [0.25, 0.3) is 0 Å². The molecule has 4 nitrogen and oxygen atoms in total. The lowest BCUT2D eigenvalue weighted by atomic mass is 9.76. The van der Waals surface area contributed by atoms with Crippen molar-refractivity contribution in [3.63, 3.8) is 0 Å². The Labute approximate surface area is 116 Å². The molecule has 2 rings (SSSR count).